The number of halogens is 1. The Morgan fingerprint density at radius 2 is 2.10 bits per heavy atom. The lowest BCUT2D eigenvalue weighted by molar-refractivity contribution is 0.417. The molecule has 1 aromatic heterocycles. The molecule has 0 amide bonds. The summed E-state index contributed by atoms with van der Waals surface area (Å²) in [5.74, 6) is -0.280. The highest BCUT2D eigenvalue weighted by Gasteiger charge is 2.16. The second kappa shape index (κ2) is 5.95. The van der Waals surface area contributed by atoms with Crippen LogP contribution in [0, 0.1) is 17.1 Å². The van der Waals surface area contributed by atoms with Gasteiger partial charge in [-0.1, -0.05) is 6.07 Å². The molecule has 0 bridgehead atoms. The van der Waals surface area contributed by atoms with Crippen molar-refractivity contribution in [2.45, 2.75) is 11.6 Å². The predicted octanol–water partition coefficient (Wildman–Crippen LogP) is 1.81. The Labute approximate surface area is 121 Å². The molecule has 2 aromatic rings. The average Bonchev–Trinajstić information content (AvgIpc) is 2.95. The lowest BCUT2D eigenvalue weighted by atomic mass is 10.2. The summed E-state index contributed by atoms with van der Waals surface area (Å²) < 4.78 is 43.8. The van der Waals surface area contributed by atoms with Gasteiger partial charge in [0, 0.05) is 0 Å². The molecule has 1 aromatic carbocycles. The first-order chi connectivity index (χ1) is 9.97. The zero-order valence-electron chi connectivity index (χ0n) is 11.1. The number of hydrogen-bond donors (Lipinski definition) is 2. The van der Waals surface area contributed by atoms with Crippen molar-refractivity contribution in [2.24, 2.45) is 0 Å². The van der Waals surface area contributed by atoms with Gasteiger partial charge in [-0.3, -0.25) is 0 Å². The van der Waals surface area contributed by atoms with Crippen molar-refractivity contribution in [1.82, 2.24) is 4.72 Å². The largest absolute Gasteiger partial charge is 0.446 e. The van der Waals surface area contributed by atoms with Crippen molar-refractivity contribution in [3.8, 4) is 6.07 Å². The van der Waals surface area contributed by atoms with Crippen molar-refractivity contribution >= 4 is 15.7 Å². The van der Waals surface area contributed by atoms with Crippen LogP contribution in [0.2, 0.25) is 0 Å². The third kappa shape index (κ3) is 3.21. The number of anilines is 1. The van der Waals surface area contributed by atoms with Crippen LogP contribution in [0.4, 0.5) is 10.1 Å². The van der Waals surface area contributed by atoms with Crippen molar-refractivity contribution < 1.29 is 17.2 Å². The summed E-state index contributed by atoms with van der Waals surface area (Å²) in [4.78, 5) is 0. The lowest BCUT2D eigenvalue weighted by Crippen LogP contribution is -2.17. The van der Waals surface area contributed by atoms with Crippen LogP contribution in [0.25, 0.3) is 0 Å². The summed E-state index contributed by atoms with van der Waals surface area (Å²) >= 11 is 0. The summed E-state index contributed by atoms with van der Waals surface area (Å²) in [6.07, 6.45) is 0. The van der Waals surface area contributed by atoms with Crippen molar-refractivity contribution in [3.63, 3.8) is 0 Å². The topological polar surface area (TPSA) is 95.1 Å². The van der Waals surface area contributed by atoms with Gasteiger partial charge >= 0.3 is 0 Å². The van der Waals surface area contributed by atoms with Crippen LogP contribution in [-0.4, -0.2) is 15.5 Å². The van der Waals surface area contributed by atoms with E-state index in [0.29, 0.717) is 11.4 Å². The van der Waals surface area contributed by atoms with Gasteiger partial charge in [-0.05, 0) is 31.3 Å². The Balaban J connectivity index is 2.15. The van der Waals surface area contributed by atoms with E-state index < -0.39 is 15.8 Å². The van der Waals surface area contributed by atoms with Gasteiger partial charge < -0.3 is 9.73 Å². The molecule has 0 saturated carbocycles. The Hall–Kier alpha value is -2.37. The molecular weight excluding hydrogens is 297 g/mol. The number of nitrogens with one attached hydrogen (secondary N) is 2. The van der Waals surface area contributed by atoms with Gasteiger partial charge in [-0.2, -0.15) is 5.26 Å². The molecule has 0 radical (unpaired) electrons. The first-order valence-corrected chi connectivity index (χ1v) is 7.41. The number of nitriles is 1. The number of hydrogen-bond acceptors (Lipinski definition) is 5. The van der Waals surface area contributed by atoms with E-state index in [2.05, 4.69) is 10.0 Å². The highest BCUT2D eigenvalue weighted by molar-refractivity contribution is 7.89. The van der Waals surface area contributed by atoms with Crippen LogP contribution < -0.4 is 10.0 Å². The quantitative estimate of drug-likeness (QED) is 0.878. The summed E-state index contributed by atoms with van der Waals surface area (Å²) in [7, 11) is -2.36. The summed E-state index contributed by atoms with van der Waals surface area (Å²) in [6, 6.07) is 8.78. The molecule has 0 aliphatic rings. The molecule has 0 fully saturated rings. The minimum absolute atomic E-state index is 0.105. The van der Waals surface area contributed by atoms with Crippen LogP contribution in [-0.2, 0) is 16.6 Å². The fourth-order valence-corrected chi connectivity index (χ4v) is 2.33. The first-order valence-electron chi connectivity index (χ1n) is 5.92. The maximum atomic E-state index is 13.4. The fourth-order valence-electron chi connectivity index (χ4n) is 1.67. The van der Waals surface area contributed by atoms with Gasteiger partial charge in [0.2, 0.25) is 5.09 Å². The van der Waals surface area contributed by atoms with E-state index in [-0.39, 0.29) is 17.2 Å². The maximum Gasteiger partial charge on any atom is 0.273 e. The van der Waals surface area contributed by atoms with Crippen LogP contribution in [0.3, 0.4) is 0 Å². The monoisotopic (exact) mass is 309 g/mol. The molecule has 2 rings (SSSR count). The second-order valence-electron chi connectivity index (χ2n) is 4.06. The van der Waals surface area contributed by atoms with Gasteiger partial charge in [0.25, 0.3) is 10.0 Å². The Bertz CT molecular complexity index is 793. The number of nitrogens with zero attached hydrogens (tertiary/aromatic N) is 1. The van der Waals surface area contributed by atoms with Gasteiger partial charge in [0.1, 0.15) is 23.2 Å². The minimum atomic E-state index is -3.64. The highest BCUT2D eigenvalue weighted by atomic mass is 32.2. The highest BCUT2D eigenvalue weighted by Crippen LogP contribution is 2.20. The summed E-state index contributed by atoms with van der Waals surface area (Å²) in [6.45, 7) is 0.122. The zero-order chi connectivity index (χ0) is 15.5. The molecule has 21 heavy (non-hydrogen) atoms. The molecule has 0 aliphatic carbocycles. The van der Waals surface area contributed by atoms with E-state index in [1.807, 2.05) is 0 Å². The van der Waals surface area contributed by atoms with Gasteiger partial charge in [-0.25, -0.2) is 17.5 Å². The molecule has 0 atom stereocenters. The average molecular weight is 309 g/mol. The Morgan fingerprint density at radius 1 is 1.33 bits per heavy atom. The van der Waals surface area contributed by atoms with Crippen LogP contribution >= 0.6 is 0 Å². The van der Waals surface area contributed by atoms with Gasteiger partial charge in [0.15, 0.2) is 0 Å². The number of benzene rings is 1. The van der Waals surface area contributed by atoms with Crippen molar-refractivity contribution in [1.29, 1.82) is 5.26 Å². The lowest BCUT2D eigenvalue weighted by Gasteiger charge is -2.06. The molecule has 110 valence electrons. The molecule has 0 saturated heterocycles. The van der Waals surface area contributed by atoms with E-state index in [4.69, 9.17) is 9.68 Å². The summed E-state index contributed by atoms with van der Waals surface area (Å²) in [5, 5.41) is 11.5. The fraction of sp³-hybridized carbons (Fsp3) is 0.154. The van der Waals surface area contributed by atoms with Crippen molar-refractivity contribution in [2.75, 3.05) is 12.4 Å². The molecular formula is C13H12FN3O3S. The van der Waals surface area contributed by atoms with Gasteiger partial charge in [-0.15, -0.1) is 0 Å². The minimum Gasteiger partial charge on any atom is -0.446 e. The molecule has 0 unspecified atom stereocenters. The standard InChI is InChI=1S/C13H12FN3O3S/c1-16-21(18,19)13-6-5-9(20-13)8-17-12-4-2-3-11(14)10(12)7-15/h2-6,16-17H,8H2,1H3. The van der Waals surface area contributed by atoms with Crippen LogP contribution in [0.5, 0.6) is 0 Å². The zero-order valence-corrected chi connectivity index (χ0v) is 11.9. The Kier molecular flexibility index (Phi) is 4.26. The normalized spacial score (nSPS) is 11.1. The SMILES string of the molecule is CNS(=O)(=O)c1ccc(CNc2cccc(F)c2C#N)o1. The van der Waals surface area contributed by atoms with Gasteiger partial charge in [0.05, 0.1) is 12.2 Å². The Morgan fingerprint density at radius 3 is 2.76 bits per heavy atom. The number of rotatable bonds is 5. The second-order valence-corrected chi connectivity index (χ2v) is 5.87. The van der Waals surface area contributed by atoms with Crippen LogP contribution in [0.1, 0.15) is 11.3 Å². The molecule has 1 heterocycles. The van der Waals surface area contributed by atoms with E-state index in [0.717, 1.165) is 0 Å². The molecule has 8 heteroatoms. The molecule has 0 aliphatic heterocycles. The molecule has 0 spiro atoms. The van der Waals surface area contributed by atoms with E-state index in [9.17, 15) is 12.8 Å². The number of sulfonamides is 1. The van der Waals surface area contributed by atoms with E-state index in [1.54, 1.807) is 12.1 Å². The van der Waals surface area contributed by atoms with Crippen molar-refractivity contribution in [3.05, 3.63) is 47.5 Å². The van der Waals surface area contributed by atoms with E-state index >= 15 is 0 Å². The summed E-state index contributed by atoms with van der Waals surface area (Å²) in [5.41, 5.74) is 0.207. The first kappa shape index (κ1) is 15.0. The van der Waals surface area contributed by atoms with Crippen LogP contribution in [0.15, 0.2) is 39.8 Å². The molecule has 2 N–H and O–H groups in total. The molecule has 6 nitrogen and oxygen atoms in total. The number of furan rings is 1. The van der Waals surface area contributed by atoms with E-state index in [1.165, 1.54) is 31.3 Å². The third-order valence-electron chi connectivity index (χ3n) is 2.75. The smallest absolute Gasteiger partial charge is 0.273 e. The predicted molar refractivity (Wildman–Crippen MR) is 73.4 cm³/mol. The third-order valence-corrected chi connectivity index (χ3v) is 4.04. The maximum absolute atomic E-state index is 13.4.